The van der Waals surface area contributed by atoms with Crippen molar-refractivity contribution in [1.29, 1.82) is 0 Å². The van der Waals surface area contributed by atoms with Gasteiger partial charge in [-0.3, -0.25) is 0 Å². The Hall–Kier alpha value is -0.0203. The first-order valence-corrected chi connectivity index (χ1v) is 16.2. The van der Waals surface area contributed by atoms with E-state index in [1.54, 1.807) is 9.58 Å². The number of benzene rings is 1. The van der Waals surface area contributed by atoms with Crippen molar-refractivity contribution in [1.82, 2.24) is 0 Å². The van der Waals surface area contributed by atoms with Crippen LogP contribution in [-0.4, -0.2) is 21.3 Å². The van der Waals surface area contributed by atoms with Crippen LogP contribution in [0.3, 0.4) is 0 Å². The fourth-order valence-electron chi connectivity index (χ4n) is 1.47. The molecule has 0 saturated heterocycles. The molecule has 0 aliphatic heterocycles. The van der Waals surface area contributed by atoms with Crippen LogP contribution in [0.2, 0.25) is 36.9 Å². The van der Waals surface area contributed by atoms with Crippen LogP contribution < -0.4 is 9.58 Å². The van der Waals surface area contributed by atoms with Gasteiger partial charge < -0.3 is 0 Å². The Labute approximate surface area is 92.1 Å². The third-order valence-electron chi connectivity index (χ3n) is 2.62. The zero-order valence-electron chi connectivity index (χ0n) is 10.3. The second kappa shape index (κ2) is 3.86. The Morgan fingerprint density at radius 2 is 1.29 bits per heavy atom. The zero-order valence-corrected chi connectivity index (χ0v) is 13.4. The summed E-state index contributed by atoms with van der Waals surface area (Å²) in [5.41, 5.74) is 0. The molecule has 0 saturated carbocycles. The van der Waals surface area contributed by atoms with Gasteiger partial charge in [0.1, 0.15) is 0 Å². The normalized spacial score (nSPS) is 13.0. The fourth-order valence-corrected chi connectivity index (χ4v) is 5.08. The summed E-state index contributed by atoms with van der Waals surface area (Å²) in [7, 11) is -1.09. The molecular weight excluding hydrogens is 245 g/mol. The average molecular weight is 267 g/mol. The molecule has 0 nitrogen and oxygen atoms in total. The fraction of sp³-hybridized carbons (Fsp3) is 0.500. The van der Waals surface area contributed by atoms with Gasteiger partial charge >= 0.3 is 92.1 Å². The summed E-state index contributed by atoms with van der Waals surface area (Å²) in [6, 6.07) is 9.46. The van der Waals surface area contributed by atoms with Gasteiger partial charge in [-0.15, -0.1) is 0 Å². The molecule has 0 heterocycles. The average Bonchev–Trinajstić information content (AvgIpc) is 2.01. The molecule has 0 aliphatic carbocycles. The molecule has 0 aliphatic rings. The van der Waals surface area contributed by atoms with Crippen LogP contribution in [0.5, 0.6) is 0 Å². The summed E-state index contributed by atoms with van der Waals surface area (Å²) in [5.74, 6) is 7.34. The van der Waals surface area contributed by atoms with Crippen LogP contribution in [-0.2, 0) is 0 Å². The molecule has 0 spiro atoms. The minimum atomic E-state index is -1.58. The van der Waals surface area contributed by atoms with E-state index in [-0.39, 0.29) is 0 Å². The molecular formula is C12H22GeSi. The monoisotopic (exact) mass is 268 g/mol. The molecule has 0 aromatic heterocycles. The van der Waals surface area contributed by atoms with Gasteiger partial charge in [0, 0.05) is 0 Å². The molecule has 0 atom stereocenters. The van der Waals surface area contributed by atoms with E-state index in [1.807, 2.05) is 0 Å². The number of hydrogen-bond donors (Lipinski definition) is 0. The van der Waals surface area contributed by atoms with E-state index in [9.17, 15) is 0 Å². The summed E-state index contributed by atoms with van der Waals surface area (Å²) >= 11 is -1.58. The van der Waals surface area contributed by atoms with Crippen LogP contribution >= 0.6 is 0 Å². The maximum absolute atomic E-state index is 2.45. The van der Waals surface area contributed by atoms with E-state index >= 15 is 0 Å². The quantitative estimate of drug-likeness (QED) is 0.723. The van der Waals surface area contributed by atoms with E-state index < -0.39 is 21.3 Å². The molecule has 0 fully saturated rings. The first-order valence-electron chi connectivity index (χ1n) is 5.32. The van der Waals surface area contributed by atoms with Gasteiger partial charge in [-0.25, -0.2) is 0 Å². The van der Waals surface area contributed by atoms with Crippen molar-refractivity contribution in [3.8, 4) is 0 Å². The second-order valence-corrected chi connectivity index (χ2v) is 21.8. The molecule has 1 aromatic rings. The van der Waals surface area contributed by atoms with Gasteiger partial charge in [-0.05, 0) is 0 Å². The predicted molar refractivity (Wildman–Crippen MR) is 72.4 cm³/mol. The van der Waals surface area contributed by atoms with E-state index in [1.165, 1.54) is 0 Å². The second-order valence-electron chi connectivity index (χ2n) is 6.08. The Bertz CT molecular complexity index is 268. The van der Waals surface area contributed by atoms with Crippen LogP contribution in [0.15, 0.2) is 24.3 Å². The van der Waals surface area contributed by atoms with E-state index in [0.29, 0.717) is 0 Å². The SMILES string of the molecule is C[Si](C)(C)c1cc[c]([Ge]([CH3])([CH3])[CH3])cc1. The summed E-state index contributed by atoms with van der Waals surface area (Å²) in [6.45, 7) is 7.21. The Morgan fingerprint density at radius 1 is 0.857 bits per heavy atom. The zero-order chi connectivity index (χ0) is 11.0. The van der Waals surface area contributed by atoms with Gasteiger partial charge in [-0.2, -0.15) is 0 Å². The van der Waals surface area contributed by atoms with Crippen LogP contribution in [0.25, 0.3) is 0 Å². The van der Waals surface area contributed by atoms with Gasteiger partial charge in [-0.1, -0.05) is 0 Å². The van der Waals surface area contributed by atoms with E-state index in [2.05, 4.69) is 61.2 Å². The number of rotatable bonds is 2. The van der Waals surface area contributed by atoms with E-state index in [0.717, 1.165) is 0 Å². The third kappa shape index (κ3) is 2.99. The predicted octanol–water partition coefficient (Wildman–Crippen LogP) is 2.78. The Morgan fingerprint density at radius 3 is 1.57 bits per heavy atom. The van der Waals surface area contributed by atoms with Crippen LogP contribution in [0, 0.1) is 0 Å². The molecule has 0 radical (unpaired) electrons. The van der Waals surface area contributed by atoms with Crippen molar-refractivity contribution in [2.75, 3.05) is 0 Å². The van der Waals surface area contributed by atoms with Crippen molar-refractivity contribution in [3.63, 3.8) is 0 Å². The molecule has 0 bridgehead atoms. The molecule has 14 heavy (non-hydrogen) atoms. The standard InChI is InChI=1S/C12H22GeSi/c1-13(2,3)11-7-9-12(10-8-11)14(4,5)6/h7-10H,1-6H3. The van der Waals surface area contributed by atoms with Crippen molar-refractivity contribution in [3.05, 3.63) is 24.3 Å². The van der Waals surface area contributed by atoms with Gasteiger partial charge in [0.2, 0.25) is 0 Å². The molecule has 1 rings (SSSR count). The molecule has 1 aromatic carbocycles. The summed E-state index contributed by atoms with van der Waals surface area (Å²) in [6.07, 6.45) is 0. The van der Waals surface area contributed by atoms with Crippen molar-refractivity contribution in [2.45, 2.75) is 36.9 Å². The Kier molecular flexibility index (Phi) is 3.32. The minimum absolute atomic E-state index is 1.09. The van der Waals surface area contributed by atoms with Crippen molar-refractivity contribution >= 4 is 30.9 Å². The summed E-state index contributed by atoms with van der Waals surface area (Å²) in [4.78, 5) is 0. The Balaban J connectivity index is 3.02. The first kappa shape index (κ1) is 12.1. The maximum atomic E-state index is 2.45. The first-order chi connectivity index (χ1) is 6.21. The molecule has 78 valence electrons. The molecule has 0 unspecified atom stereocenters. The topological polar surface area (TPSA) is 0 Å². The molecule has 2 heteroatoms. The van der Waals surface area contributed by atoms with Gasteiger partial charge in [0.25, 0.3) is 0 Å². The van der Waals surface area contributed by atoms with Crippen molar-refractivity contribution in [2.24, 2.45) is 0 Å². The van der Waals surface area contributed by atoms with Crippen LogP contribution in [0.4, 0.5) is 0 Å². The third-order valence-corrected chi connectivity index (χ3v) is 9.02. The summed E-state index contributed by atoms with van der Waals surface area (Å²) < 4.78 is 1.62. The van der Waals surface area contributed by atoms with Gasteiger partial charge in [0.05, 0.1) is 0 Å². The summed E-state index contributed by atoms with van der Waals surface area (Å²) in [5, 5.41) is 1.58. The number of hydrogen-bond acceptors (Lipinski definition) is 0. The molecule has 0 N–H and O–H groups in total. The van der Waals surface area contributed by atoms with Crippen LogP contribution in [0.1, 0.15) is 0 Å². The van der Waals surface area contributed by atoms with Gasteiger partial charge in [0.15, 0.2) is 0 Å². The van der Waals surface area contributed by atoms with Crippen molar-refractivity contribution < 1.29 is 0 Å². The van der Waals surface area contributed by atoms with E-state index in [4.69, 9.17) is 0 Å². The molecule has 0 amide bonds.